The van der Waals surface area contributed by atoms with Crippen LogP contribution in [0, 0.1) is 0 Å². The fraction of sp³-hybridized carbons (Fsp3) is 0.462. The molecule has 7 heteroatoms. The van der Waals surface area contributed by atoms with Gasteiger partial charge in [0.05, 0.1) is 27.9 Å². The van der Waals surface area contributed by atoms with Crippen LogP contribution in [0.25, 0.3) is 0 Å². The fourth-order valence-electron chi connectivity index (χ4n) is 1.86. The van der Waals surface area contributed by atoms with Crippen molar-refractivity contribution in [3.8, 4) is 17.2 Å². The summed E-state index contributed by atoms with van der Waals surface area (Å²) in [5.74, 6) is 0.161. The molecule has 0 aliphatic carbocycles. The number of carboxylic acid groups (broad SMARTS) is 1. The van der Waals surface area contributed by atoms with Crippen molar-refractivity contribution in [2.24, 2.45) is 0 Å². The Morgan fingerprint density at radius 2 is 1.70 bits per heavy atom. The van der Waals surface area contributed by atoms with E-state index in [0.29, 0.717) is 22.9 Å². The number of carboxylic acids is 1. The average Bonchev–Trinajstić information content (AvgIpc) is 2.45. The van der Waals surface area contributed by atoms with Gasteiger partial charge in [0.1, 0.15) is 22.9 Å². The Kier molecular flexibility index (Phi) is 5.45. The highest BCUT2D eigenvalue weighted by molar-refractivity contribution is 5.81. The van der Waals surface area contributed by atoms with Crippen LogP contribution < -0.4 is 19.1 Å². The van der Waals surface area contributed by atoms with E-state index in [1.54, 1.807) is 19.2 Å². The van der Waals surface area contributed by atoms with Crippen LogP contribution in [0.5, 0.6) is 17.2 Å². The minimum atomic E-state index is -1.14. The monoisotopic (exact) mass is 285 g/mol. The zero-order valence-electron chi connectivity index (χ0n) is 11.9. The number of ether oxygens (including phenoxy) is 3. The molecular weight excluding hydrogens is 266 g/mol. The second-order valence-electron chi connectivity index (χ2n) is 4.03. The number of nitrogens with zero attached hydrogens (tertiary/aromatic N) is 1. The van der Waals surface area contributed by atoms with Gasteiger partial charge in [-0.2, -0.15) is 0 Å². The molecule has 1 rings (SSSR count). The summed E-state index contributed by atoms with van der Waals surface area (Å²) in [5, 5.41) is 18.4. The summed E-state index contributed by atoms with van der Waals surface area (Å²) in [5.41, 5.74) is 0.428. The Hall–Kier alpha value is -2.15. The van der Waals surface area contributed by atoms with Crippen LogP contribution in [-0.4, -0.2) is 57.2 Å². The highest BCUT2D eigenvalue weighted by atomic mass is 16.5. The number of likely N-dealkylation sites (N-methyl/N-ethyl adjacent to an activating group) is 1. The van der Waals surface area contributed by atoms with Gasteiger partial charge in [-0.3, -0.25) is 0 Å². The molecule has 0 aromatic heterocycles. The van der Waals surface area contributed by atoms with Crippen LogP contribution in [0.3, 0.4) is 0 Å². The topological polar surface area (TPSA) is 88.5 Å². The number of aliphatic carboxylic acids is 1. The molecule has 1 aromatic carbocycles. The molecule has 1 atom stereocenters. The number of aliphatic hydroxyl groups excluding tert-OH is 1. The summed E-state index contributed by atoms with van der Waals surface area (Å²) in [6.45, 7) is -0.538. The van der Waals surface area contributed by atoms with Crippen molar-refractivity contribution < 1.29 is 29.2 Å². The SMILES string of the molecule is COc1cc(OC)c(N(C)[C@@H](CO)C(=O)O)c(OC)c1. The van der Waals surface area contributed by atoms with Gasteiger partial charge in [0, 0.05) is 19.2 Å². The Labute approximate surface area is 117 Å². The third-order valence-corrected chi connectivity index (χ3v) is 2.97. The first-order valence-electron chi connectivity index (χ1n) is 5.86. The summed E-state index contributed by atoms with van der Waals surface area (Å²) >= 11 is 0. The maximum Gasteiger partial charge on any atom is 0.328 e. The van der Waals surface area contributed by atoms with Crippen molar-refractivity contribution in [1.29, 1.82) is 0 Å². The molecule has 0 saturated carbocycles. The summed E-state index contributed by atoms with van der Waals surface area (Å²) in [7, 11) is 5.97. The molecule has 0 aliphatic heterocycles. The highest BCUT2D eigenvalue weighted by Gasteiger charge is 2.27. The maximum absolute atomic E-state index is 11.2. The minimum absolute atomic E-state index is 0.392. The van der Waals surface area contributed by atoms with Crippen molar-refractivity contribution in [3.05, 3.63) is 12.1 Å². The molecule has 0 aliphatic rings. The van der Waals surface area contributed by atoms with Crippen molar-refractivity contribution in [2.45, 2.75) is 6.04 Å². The van der Waals surface area contributed by atoms with E-state index in [1.165, 1.54) is 26.2 Å². The van der Waals surface area contributed by atoms with Crippen LogP contribution in [-0.2, 0) is 4.79 Å². The van der Waals surface area contributed by atoms with Gasteiger partial charge in [-0.1, -0.05) is 0 Å². The third-order valence-electron chi connectivity index (χ3n) is 2.97. The first-order valence-corrected chi connectivity index (χ1v) is 5.86. The maximum atomic E-state index is 11.2. The van der Waals surface area contributed by atoms with Crippen molar-refractivity contribution in [3.63, 3.8) is 0 Å². The number of anilines is 1. The second kappa shape index (κ2) is 6.85. The van der Waals surface area contributed by atoms with Gasteiger partial charge in [0.15, 0.2) is 6.04 Å². The lowest BCUT2D eigenvalue weighted by molar-refractivity contribution is -0.139. The van der Waals surface area contributed by atoms with E-state index < -0.39 is 18.6 Å². The molecule has 0 heterocycles. The molecule has 7 nitrogen and oxygen atoms in total. The smallest absolute Gasteiger partial charge is 0.328 e. The summed E-state index contributed by atoms with van der Waals surface area (Å²) in [4.78, 5) is 12.5. The Bertz CT molecular complexity index is 451. The van der Waals surface area contributed by atoms with E-state index in [0.717, 1.165) is 0 Å². The summed E-state index contributed by atoms with van der Waals surface area (Å²) in [6.07, 6.45) is 0. The number of carbonyl (C=O) groups is 1. The van der Waals surface area contributed by atoms with Crippen LogP contribution in [0.1, 0.15) is 0 Å². The summed E-state index contributed by atoms with van der Waals surface area (Å²) in [6, 6.07) is 2.13. The lowest BCUT2D eigenvalue weighted by atomic mass is 10.2. The van der Waals surface area contributed by atoms with Crippen LogP contribution >= 0.6 is 0 Å². The van der Waals surface area contributed by atoms with E-state index >= 15 is 0 Å². The lowest BCUT2D eigenvalue weighted by Gasteiger charge is -2.28. The molecular formula is C13H19NO6. The molecule has 0 radical (unpaired) electrons. The first-order chi connectivity index (χ1) is 9.49. The zero-order valence-corrected chi connectivity index (χ0v) is 11.9. The van der Waals surface area contributed by atoms with E-state index in [1.807, 2.05) is 0 Å². The van der Waals surface area contributed by atoms with Gasteiger partial charge in [0.2, 0.25) is 0 Å². The standard InChI is InChI=1S/C13H19NO6/c1-14(9(7-15)13(16)17)12-10(19-3)5-8(18-2)6-11(12)20-4/h5-6,9,15H,7H2,1-4H3,(H,16,17)/t9-/m0/s1. The van der Waals surface area contributed by atoms with Crippen LogP contribution in [0.2, 0.25) is 0 Å². The van der Waals surface area contributed by atoms with Gasteiger partial charge in [-0.05, 0) is 0 Å². The second-order valence-corrected chi connectivity index (χ2v) is 4.03. The van der Waals surface area contributed by atoms with Gasteiger partial charge in [-0.15, -0.1) is 0 Å². The fourth-order valence-corrected chi connectivity index (χ4v) is 1.86. The van der Waals surface area contributed by atoms with Crippen LogP contribution in [0.4, 0.5) is 5.69 Å². The molecule has 1 aromatic rings. The Balaban J connectivity index is 3.37. The van der Waals surface area contributed by atoms with E-state index in [2.05, 4.69) is 0 Å². The van der Waals surface area contributed by atoms with Crippen LogP contribution in [0.15, 0.2) is 12.1 Å². The predicted molar refractivity (Wildman–Crippen MR) is 73.0 cm³/mol. The highest BCUT2D eigenvalue weighted by Crippen LogP contribution is 2.41. The van der Waals surface area contributed by atoms with Crippen molar-refractivity contribution in [1.82, 2.24) is 0 Å². The van der Waals surface area contributed by atoms with Gasteiger partial charge in [-0.25, -0.2) is 4.79 Å². The summed E-state index contributed by atoms with van der Waals surface area (Å²) < 4.78 is 15.6. The number of hydrogen-bond acceptors (Lipinski definition) is 6. The number of aliphatic hydroxyl groups is 1. The predicted octanol–water partition coefficient (Wildman–Crippen LogP) is 0.594. The normalized spacial score (nSPS) is 11.7. The average molecular weight is 285 g/mol. The number of methoxy groups -OCH3 is 3. The zero-order chi connectivity index (χ0) is 15.3. The Morgan fingerprint density at radius 1 is 1.20 bits per heavy atom. The number of rotatable bonds is 7. The van der Waals surface area contributed by atoms with Gasteiger partial charge >= 0.3 is 5.97 Å². The van der Waals surface area contributed by atoms with Gasteiger partial charge < -0.3 is 29.3 Å². The molecule has 0 spiro atoms. The molecule has 0 unspecified atom stereocenters. The molecule has 0 bridgehead atoms. The Morgan fingerprint density at radius 3 is 2.00 bits per heavy atom. The third kappa shape index (κ3) is 3.05. The molecule has 20 heavy (non-hydrogen) atoms. The van der Waals surface area contributed by atoms with Gasteiger partial charge in [0.25, 0.3) is 0 Å². The molecule has 112 valence electrons. The van der Waals surface area contributed by atoms with Crippen molar-refractivity contribution >= 4 is 11.7 Å². The molecule has 0 amide bonds. The lowest BCUT2D eigenvalue weighted by Crippen LogP contribution is -2.41. The molecule has 2 N–H and O–H groups in total. The van der Waals surface area contributed by atoms with E-state index in [9.17, 15) is 9.90 Å². The minimum Gasteiger partial charge on any atom is -0.496 e. The first kappa shape index (κ1) is 15.9. The largest absolute Gasteiger partial charge is 0.496 e. The molecule has 0 fully saturated rings. The quantitative estimate of drug-likeness (QED) is 0.758. The van der Waals surface area contributed by atoms with E-state index in [4.69, 9.17) is 19.3 Å². The number of benzene rings is 1. The van der Waals surface area contributed by atoms with Crippen molar-refractivity contribution in [2.75, 3.05) is 39.9 Å². The molecule has 0 saturated heterocycles. The van der Waals surface area contributed by atoms with E-state index in [-0.39, 0.29) is 0 Å². The number of hydrogen-bond donors (Lipinski definition) is 2.